The lowest BCUT2D eigenvalue weighted by molar-refractivity contribution is 2.11. The van der Waals surface area contributed by atoms with Crippen molar-refractivity contribution in [3.63, 3.8) is 0 Å². The van der Waals surface area contributed by atoms with Gasteiger partial charge in [-0.2, -0.15) is 12.0 Å². The molecule has 0 unspecified atom stereocenters. The first-order valence-corrected chi connectivity index (χ1v) is 3.85. The molecule has 0 radical (unpaired) electrons. The van der Waals surface area contributed by atoms with Crippen LogP contribution < -0.4 is 0 Å². The summed E-state index contributed by atoms with van der Waals surface area (Å²) < 4.78 is 0. The summed E-state index contributed by atoms with van der Waals surface area (Å²) in [7, 11) is 1.09. The minimum atomic E-state index is 0.545. The minimum absolute atomic E-state index is 0.545. The van der Waals surface area contributed by atoms with E-state index in [-0.39, 0.29) is 0 Å². The summed E-state index contributed by atoms with van der Waals surface area (Å²) in [4.78, 5) is 0. The van der Waals surface area contributed by atoms with Crippen LogP contribution in [0.15, 0.2) is 0 Å². The molecule has 0 aromatic heterocycles. The van der Waals surface area contributed by atoms with E-state index in [1.165, 1.54) is 0 Å². The molecule has 0 N–H and O–H groups in total. The number of hydrogen-bond acceptors (Lipinski definition) is 0. The van der Waals surface area contributed by atoms with Crippen LogP contribution in [0.4, 0.5) is 0 Å². The van der Waals surface area contributed by atoms with Crippen molar-refractivity contribution in [3.8, 4) is 12.0 Å². The molecule has 0 amide bonds. The van der Waals surface area contributed by atoms with E-state index in [1.807, 2.05) is 0 Å². The number of rotatable bonds is 0. The molecule has 0 aromatic carbocycles. The van der Waals surface area contributed by atoms with Crippen LogP contribution >= 0.6 is 0 Å². The predicted octanol–water partition coefficient (Wildman–Crippen LogP) is -0.0514. The van der Waals surface area contributed by atoms with Crippen molar-refractivity contribution in [2.75, 3.05) is 0 Å². The van der Waals surface area contributed by atoms with E-state index in [9.17, 15) is 0 Å². The molecule has 0 aliphatic rings. The van der Waals surface area contributed by atoms with Gasteiger partial charge in [0.05, 0.1) is 0 Å². The summed E-state index contributed by atoms with van der Waals surface area (Å²) in [5.41, 5.74) is 1.00. The highest BCUT2D eigenvalue weighted by atomic mass is 28.2. The third-order valence-electron chi connectivity index (χ3n) is 0.204. The van der Waals surface area contributed by atoms with Crippen molar-refractivity contribution in [2.45, 2.75) is 5.67 Å². The van der Waals surface area contributed by atoms with Crippen LogP contribution in [-0.4, -0.2) is 17.9 Å². The fourth-order valence-electron chi connectivity index (χ4n) is 0.0589. The van der Waals surface area contributed by atoms with Crippen LogP contribution in [-0.2, 0) is 0 Å². The first kappa shape index (κ1) is 4.99. The Balaban J connectivity index is 2.86. The lowest BCUT2D eigenvalue weighted by Gasteiger charge is -1.53. The lowest BCUT2D eigenvalue weighted by Crippen LogP contribution is -1.65. The summed E-state index contributed by atoms with van der Waals surface area (Å²) >= 11 is 0. The molecule has 0 rings (SSSR count). The summed E-state index contributed by atoms with van der Waals surface area (Å²) in [6.07, 6.45) is 0. The van der Waals surface area contributed by atoms with Crippen LogP contribution in [0.25, 0.3) is 0 Å². The van der Waals surface area contributed by atoms with E-state index in [0.29, 0.717) is 17.9 Å². The largest absolute Gasteiger partial charge is 0.157 e. The van der Waals surface area contributed by atoms with E-state index >= 15 is 0 Å². The maximum absolute atomic E-state index is 5.09. The zero-order valence-corrected chi connectivity index (χ0v) is 4.86. The maximum Gasteiger partial charge on any atom is 0.0245 e. The Kier molecular flexibility index (Phi) is 3.99. The van der Waals surface area contributed by atoms with Gasteiger partial charge in [0.25, 0.3) is 0 Å². The Hall–Kier alpha value is -0.00623. The second-order valence-electron chi connectivity index (χ2n) is 0.585. The van der Waals surface area contributed by atoms with Gasteiger partial charge in [0.15, 0.2) is 0 Å². The Labute approximate surface area is 36.4 Å². The van der Waals surface area contributed by atoms with Gasteiger partial charge in [-0.15, -0.1) is 0 Å². The quantitative estimate of drug-likeness (QED) is 0.371. The van der Waals surface area contributed by atoms with Gasteiger partial charge in [-0.25, -0.2) is 0 Å². The zero-order valence-electron chi connectivity index (χ0n) is 2.86. The predicted molar refractivity (Wildman–Crippen MR) is 26.2 cm³/mol. The van der Waals surface area contributed by atoms with Gasteiger partial charge in [0, 0.05) is 5.67 Å². The summed E-state index contributed by atoms with van der Waals surface area (Å²) in [5, 5.41) is 0. The van der Waals surface area contributed by atoms with E-state index in [4.69, 9.17) is 12.0 Å². The Morgan fingerprint density at radius 2 is 1.60 bits per heavy atom. The first-order valence-electron chi connectivity index (χ1n) is 1.28. The van der Waals surface area contributed by atoms with Crippen LogP contribution in [0, 0.1) is 12.0 Å². The fourth-order valence-corrected chi connectivity index (χ4v) is 0.530. The van der Waals surface area contributed by atoms with Crippen molar-refractivity contribution in [1.29, 1.82) is 0 Å². The molecule has 0 aliphatic heterocycles. The lowest BCUT2D eigenvalue weighted by atomic mass is 11.9. The average Bonchev–Trinajstić information content (AvgIpc) is 1.41. The SMILES string of the molecule is C#[Si]C[Si]#C. The molecular formula is C3H4Si2. The molecule has 0 bridgehead atoms. The van der Waals surface area contributed by atoms with Crippen LogP contribution in [0.5, 0.6) is 0 Å². The van der Waals surface area contributed by atoms with E-state index in [0.717, 1.165) is 5.67 Å². The van der Waals surface area contributed by atoms with E-state index in [2.05, 4.69) is 0 Å². The van der Waals surface area contributed by atoms with Gasteiger partial charge in [0.2, 0.25) is 0 Å². The molecule has 0 saturated carbocycles. The number of hydrogen-bond donors (Lipinski definition) is 0. The van der Waals surface area contributed by atoms with E-state index < -0.39 is 0 Å². The summed E-state index contributed by atoms with van der Waals surface area (Å²) in [6, 6.07) is 10.2. The molecule has 0 atom stereocenters. The molecule has 0 fully saturated rings. The van der Waals surface area contributed by atoms with Gasteiger partial charge in [-0.05, 0) is 17.9 Å². The molecule has 0 spiro atoms. The van der Waals surface area contributed by atoms with Gasteiger partial charge in [0.1, 0.15) is 0 Å². The Bertz CT molecular complexity index is 70.0. The highest BCUT2D eigenvalue weighted by molar-refractivity contribution is 6.42. The molecule has 0 saturated heterocycles. The van der Waals surface area contributed by atoms with Crippen LogP contribution in [0.1, 0.15) is 0 Å². The third kappa shape index (κ3) is 3.99. The van der Waals surface area contributed by atoms with Crippen molar-refractivity contribution in [3.05, 3.63) is 0 Å². The minimum Gasteiger partial charge on any atom is -0.157 e. The van der Waals surface area contributed by atoms with Gasteiger partial charge < -0.3 is 0 Å². The fraction of sp³-hybridized carbons (Fsp3) is 0.333. The molecule has 0 nitrogen and oxygen atoms in total. The Morgan fingerprint density at radius 3 is 1.60 bits per heavy atom. The van der Waals surface area contributed by atoms with Gasteiger partial charge in [-0.1, -0.05) is 0 Å². The maximum atomic E-state index is 5.09. The smallest absolute Gasteiger partial charge is 0.0245 e. The second kappa shape index (κ2) is 3.99. The van der Waals surface area contributed by atoms with E-state index in [1.54, 1.807) is 0 Å². The molecule has 24 valence electrons. The summed E-state index contributed by atoms with van der Waals surface area (Å²) in [6.45, 7) is 0. The molecule has 0 heterocycles. The highest BCUT2D eigenvalue weighted by Crippen LogP contribution is 1.46. The third-order valence-corrected chi connectivity index (χ3v) is 1.84. The highest BCUT2D eigenvalue weighted by Gasteiger charge is 1.52. The molecule has 5 heavy (non-hydrogen) atoms. The van der Waals surface area contributed by atoms with Crippen LogP contribution in [0.2, 0.25) is 5.67 Å². The average molecular weight is 96.2 g/mol. The molecule has 0 aliphatic carbocycles. The molecular weight excluding hydrogens is 92.2 g/mol. The van der Waals surface area contributed by atoms with Gasteiger partial charge >= 0.3 is 0 Å². The normalized spacial score (nSPS) is 4.40. The van der Waals surface area contributed by atoms with Crippen molar-refractivity contribution in [2.24, 2.45) is 0 Å². The van der Waals surface area contributed by atoms with Crippen molar-refractivity contribution >= 4 is 17.9 Å². The molecule has 0 aromatic rings. The first-order chi connectivity index (χ1) is 2.41. The second-order valence-corrected chi connectivity index (χ2v) is 2.82. The van der Waals surface area contributed by atoms with Crippen molar-refractivity contribution < 1.29 is 0 Å². The topological polar surface area (TPSA) is 0 Å². The summed E-state index contributed by atoms with van der Waals surface area (Å²) in [5.74, 6) is 0. The zero-order chi connectivity index (χ0) is 4.12. The van der Waals surface area contributed by atoms with Gasteiger partial charge in [-0.3, -0.25) is 0 Å². The van der Waals surface area contributed by atoms with Crippen LogP contribution in [0.3, 0.4) is 0 Å². The van der Waals surface area contributed by atoms with Crippen molar-refractivity contribution in [1.82, 2.24) is 0 Å². The monoisotopic (exact) mass is 96.0 g/mol. The standard InChI is InChI=1S/C3H4Si2/c1-4-3-5-2/h1-2H,3H2. The Morgan fingerprint density at radius 1 is 1.20 bits per heavy atom. The molecule has 2 heteroatoms.